The van der Waals surface area contributed by atoms with Gasteiger partial charge in [0.15, 0.2) is 0 Å². The molecule has 3 heterocycles. The van der Waals surface area contributed by atoms with Gasteiger partial charge in [-0.2, -0.15) is 0 Å². The molecule has 0 bridgehead atoms. The summed E-state index contributed by atoms with van der Waals surface area (Å²) in [6.45, 7) is 8.18. The van der Waals surface area contributed by atoms with Crippen LogP contribution in [0.4, 0.5) is 5.69 Å². The lowest BCUT2D eigenvalue weighted by Crippen LogP contribution is -2.43. The van der Waals surface area contributed by atoms with Crippen LogP contribution in [0.15, 0.2) is 60.8 Å². The topological polar surface area (TPSA) is 42.3 Å². The van der Waals surface area contributed by atoms with Crippen LogP contribution in [-0.2, 0) is 7.05 Å². The maximum absolute atomic E-state index is 6.74. The zero-order valence-electron chi connectivity index (χ0n) is 19.3. The van der Waals surface area contributed by atoms with Gasteiger partial charge in [-0.15, -0.1) is 0 Å². The van der Waals surface area contributed by atoms with Crippen LogP contribution >= 0.6 is 11.6 Å². The Kier molecular flexibility index (Phi) is 6.00. The van der Waals surface area contributed by atoms with E-state index < -0.39 is 0 Å². The molecule has 0 spiro atoms. The van der Waals surface area contributed by atoms with E-state index >= 15 is 0 Å². The van der Waals surface area contributed by atoms with E-state index in [0.717, 1.165) is 65.3 Å². The first-order valence-corrected chi connectivity index (χ1v) is 11.9. The lowest BCUT2D eigenvalue weighted by atomic mass is 9.98. The lowest BCUT2D eigenvalue weighted by Gasteiger charge is -2.29. The number of aryl methyl sites for hydroxylation is 1. The minimum atomic E-state index is 0.107. The Morgan fingerprint density at radius 3 is 2.48 bits per heavy atom. The number of nitrogens with one attached hydrogen (secondary N) is 1. The van der Waals surface area contributed by atoms with Crippen LogP contribution in [0.1, 0.15) is 13.8 Å². The smallest absolute Gasteiger partial charge is 0.142 e. The third-order valence-corrected chi connectivity index (χ3v) is 6.45. The highest BCUT2D eigenvalue weighted by Gasteiger charge is 2.22. The average molecular weight is 461 g/mol. The van der Waals surface area contributed by atoms with Crippen LogP contribution in [0.25, 0.3) is 33.4 Å². The van der Waals surface area contributed by atoms with Gasteiger partial charge in [-0.1, -0.05) is 35.9 Å². The van der Waals surface area contributed by atoms with E-state index in [-0.39, 0.29) is 6.10 Å². The van der Waals surface area contributed by atoms with E-state index in [9.17, 15) is 0 Å². The average Bonchev–Trinajstić information content (AvgIpc) is 3.13. The number of ether oxygens (including phenoxy) is 1. The van der Waals surface area contributed by atoms with Crippen LogP contribution in [-0.4, -0.2) is 41.8 Å². The number of hydrogen-bond donors (Lipinski definition) is 1. The predicted molar refractivity (Wildman–Crippen MR) is 137 cm³/mol. The Bertz CT molecular complexity index is 1270. The summed E-state index contributed by atoms with van der Waals surface area (Å²) >= 11 is 6.74. The number of anilines is 1. The summed E-state index contributed by atoms with van der Waals surface area (Å²) < 4.78 is 8.13. The van der Waals surface area contributed by atoms with Crippen molar-refractivity contribution >= 4 is 28.3 Å². The Hall–Kier alpha value is -3.02. The largest absolute Gasteiger partial charge is 0.491 e. The normalized spacial score (nSPS) is 14.3. The van der Waals surface area contributed by atoms with E-state index in [0.29, 0.717) is 5.02 Å². The summed E-state index contributed by atoms with van der Waals surface area (Å²) in [5.74, 6) is 0.847. The number of halogens is 1. The number of rotatable bonds is 5. The summed E-state index contributed by atoms with van der Waals surface area (Å²) in [6, 6.07) is 18.9. The number of fused-ring (bicyclic) bond motifs is 1. The van der Waals surface area contributed by atoms with Gasteiger partial charge in [0, 0.05) is 56.1 Å². The van der Waals surface area contributed by atoms with Crippen LogP contribution in [0, 0.1) is 0 Å². The minimum absolute atomic E-state index is 0.107. The Balaban J connectivity index is 1.67. The highest BCUT2D eigenvalue weighted by atomic mass is 35.5. The molecule has 2 aromatic heterocycles. The van der Waals surface area contributed by atoms with Gasteiger partial charge < -0.3 is 19.5 Å². The van der Waals surface area contributed by atoms with E-state index in [1.165, 1.54) is 5.69 Å². The number of aromatic nitrogens is 2. The molecule has 6 heteroatoms. The van der Waals surface area contributed by atoms with E-state index in [2.05, 4.69) is 63.2 Å². The fraction of sp³-hybridized carbons (Fsp3) is 0.296. The van der Waals surface area contributed by atoms with E-state index in [1.807, 2.05) is 32.0 Å². The molecule has 0 saturated carbocycles. The molecule has 2 aromatic carbocycles. The Morgan fingerprint density at radius 2 is 1.76 bits per heavy atom. The molecule has 1 N–H and O–H groups in total. The monoisotopic (exact) mass is 460 g/mol. The van der Waals surface area contributed by atoms with Gasteiger partial charge in [0.25, 0.3) is 0 Å². The molecular formula is C27H29ClN4O. The molecular weight excluding hydrogens is 432 g/mol. The van der Waals surface area contributed by atoms with Crippen molar-refractivity contribution in [3.63, 3.8) is 0 Å². The standard InChI is InChI=1S/C27H29ClN4O/c1-18(2)33-22-6-4-5-20(17-22)24-25-23(28)11-12-30-27(25)31(3)26(24)19-7-9-21(10-8-19)32-15-13-29-14-16-32/h4-12,17-18,29H,13-16H2,1-3H3. The summed E-state index contributed by atoms with van der Waals surface area (Å²) in [5.41, 5.74) is 6.50. The molecule has 0 aliphatic carbocycles. The van der Waals surface area contributed by atoms with Gasteiger partial charge in [-0.3, -0.25) is 0 Å². The highest BCUT2D eigenvalue weighted by Crippen LogP contribution is 2.43. The number of hydrogen-bond acceptors (Lipinski definition) is 4. The van der Waals surface area contributed by atoms with Gasteiger partial charge in [0.1, 0.15) is 11.4 Å². The SMILES string of the molecule is CC(C)Oc1cccc(-c2c(-c3ccc(N4CCNCC4)cc3)n(C)c3nccc(Cl)c23)c1. The summed E-state index contributed by atoms with van der Waals surface area (Å²) in [6.07, 6.45) is 1.87. The molecule has 170 valence electrons. The number of pyridine rings is 1. The first-order chi connectivity index (χ1) is 16.0. The van der Waals surface area contributed by atoms with Crippen molar-refractivity contribution in [3.05, 3.63) is 65.8 Å². The molecule has 1 saturated heterocycles. The van der Waals surface area contributed by atoms with Crippen LogP contribution < -0.4 is 15.0 Å². The maximum atomic E-state index is 6.74. The fourth-order valence-corrected chi connectivity index (χ4v) is 4.91. The first kappa shape index (κ1) is 21.8. The van der Waals surface area contributed by atoms with Gasteiger partial charge >= 0.3 is 0 Å². The molecule has 0 amide bonds. The van der Waals surface area contributed by atoms with Crippen LogP contribution in [0.2, 0.25) is 5.02 Å². The van der Waals surface area contributed by atoms with Crippen LogP contribution in [0.5, 0.6) is 5.75 Å². The molecule has 1 aliphatic heterocycles. The summed E-state index contributed by atoms with van der Waals surface area (Å²) in [5, 5.41) is 5.08. The maximum Gasteiger partial charge on any atom is 0.142 e. The van der Waals surface area contributed by atoms with Gasteiger partial charge in [0.05, 0.1) is 16.8 Å². The molecule has 0 atom stereocenters. The van der Waals surface area contributed by atoms with Gasteiger partial charge in [0.2, 0.25) is 0 Å². The zero-order valence-corrected chi connectivity index (χ0v) is 20.1. The molecule has 5 nitrogen and oxygen atoms in total. The highest BCUT2D eigenvalue weighted by molar-refractivity contribution is 6.37. The van der Waals surface area contributed by atoms with Crippen LogP contribution in [0.3, 0.4) is 0 Å². The third-order valence-electron chi connectivity index (χ3n) is 6.14. The number of nitrogens with zero attached hydrogens (tertiary/aromatic N) is 3. The lowest BCUT2D eigenvalue weighted by molar-refractivity contribution is 0.242. The molecule has 1 fully saturated rings. The number of piperazine rings is 1. The van der Waals surface area contributed by atoms with Crippen molar-refractivity contribution < 1.29 is 4.74 Å². The molecule has 5 rings (SSSR count). The fourth-order valence-electron chi connectivity index (χ4n) is 4.67. The van der Waals surface area contributed by atoms with E-state index in [4.69, 9.17) is 16.3 Å². The van der Waals surface area contributed by atoms with Crippen molar-refractivity contribution in [1.82, 2.24) is 14.9 Å². The van der Waals surface area contributed by atoms with Gasteiger partial charge in [-0.05, 0) is 55.3 Å². The second kappa shape index (κ2) is 9.08. The summed E-state index contributed by atoms with van der Waals surface area (Å²) in [7, 11) is 2.06. The number of benzene rings is 2. The van der Waals surface area contributed by atoms with Crippen molar-refractivity contribution in [2.75, 3.05) is 31.1 Å². The Labute approximate surface area is 200 Å². The molecule has 0 radical (unpaired) electrons. The Morgan fingerprint density at radius 1 is 1.00 bits per heavy atom. The van der Waals surface area contributed by atoms with Crippen molar-refractivity contribution in [1.29, 1.82) is 0 Å². The van der Waals surface area contributed by atoms with Gasteiger partial charge in [-0.25, -0.2) is 4.98 Å². The molecule has 0 unspecified atom stereocenters. The zero-order chi connectivity index (χ0) is 22.9. The van der Waals surface area contributed by atoms with E-state index in [1.54, 1.807) is 6.20 Å². The molecule has 1 aliphatic rings. The first-order valence-electron chi connectivity index (χ1n) is 11.5. The third kappa shape index (κ3) is 4.19. The minimum Gasteiger partial charge on any atom is -0.491 e. The predicted octanol–water partition coefficient (Wildman–Crippen LogP) is 5.76. The quantitative estimate of drug-likeness (QED) is 0.411. The molecule has 33 heavy (non-hydrogen) atoms. The second-order valence-corrected chi connectivity index (χ2v) is 9.16. The summed E-state index contributed by atoms with van der Waals surface area (Å²) in [4.78, 5) is 7.09. The van der Waals surface area contributed by atoms with Crippen molar-refractivity contribution in [2.45, 2.75) is 20.0 Å². The molecule has 4 aromatic rings. The second-order valence-electron chi connectivity index (χ2n) is 8.75. The van der Waals surface area contributed by atoms with Crippen molar-refractivity contribution in [2.24, 2.45) is 7.05 Å². The van der Waals surface area contributed by atoms with Crippen molar-refractivity contribution in [3.8, 4) is 28.1 Å².